The van der Waals surface area contributed by atoms with E-state index in [4.69, 9.17) is 0 Å². The molecule has 1 aliphatic heterocycles. The molecule has 1 aliphatic carbocycles. The van der Waals surface area contributed by atoms with Gasteiger partial charge in [0.1, 0.15) is 0 Å². The van der Waals surface area contributed by atoms with Gasteiger partial charge in [-0.1, -0.05) is 12.5 Å². The fourth-order valence-corrected chi connectivity index (χ4v) is 2.35. The number of likely N-dealkylation sites (tertiary alicyclic amines) is 1. The van der Waals surface area contributed by atoms with Crippen LogP contribution >= 0.6 is 0 Å². The van der Waals surface area contributed by atoms with Crippen molar-refractivity contribution in [3.63, 3.8) is 0 Å². The predicted molar refractivity (Wildman–Crippen MR) is 57.2 cm³/mol. The Kier molecular flexibility index (Phi) is 3.35. The van der Waals surface area contributed by atoms with Gasteiger partial charge in [-0.3, -0.25) is 9.69 Å². The Morgan fingerprint density at radius 3 is 2.64 bits per heavy atom. The van der Waals surface area contributed by atoms with Gasteiger partial charge in [0.05, 0.1) is 6.54 Å². The second-order valence-corrected chi connectivity index (χ2v) is 4.38. The zero-order valence-corrected chi connectivity index (χ0v) is 8.80. The van der Waals surface area contributed by atoms with Gasteiger partial charge < -0.3 is 0 Å². The van der Waals surface area contributed by atoms with Gasteiger partial charge in [0.25, 0.3) is 0 Å². The monoisotopic (exact) mass is 193 g/mol. The number of Topliss-reactive ketones (excluding diaryl/α,β-unsaturated/α-hetero) is 1. The average molecular weight is 193 g/mol. The summed E-state index contributed by atoms with van der Waals surface area (Å²) >= 11 is 0. The van der Waals surface area contributed by atoms with Crippen LogP contribution in [0.25, 0.3) is 0 Å². The van der Waals surface area contributed by atoms with Gasteiger partial charge in [-0.2, -0.15) is 0 Å². The number of carbonyl (C=O) groups excluding carboxylic acids is 1. The second kappa shape index (κ2) is 4.74. The molecule has 0 radical (unpaired) electrons. The quantitative estimate of drug-likeness (QED) is 0.684. The molecular weight excluding hydrogens is 174 g/mol. The summed E-state index contributed by atoms with van der Waals surface area (Å²) in [6, 6.07) is 0. The molecule has 2 heteroatoms. The summed E-state index contributed by atoms with van der Waals surface area (Å²) in [5.41, 5.74) is 1.09. The molecule has 0 amide bonds. The van der Waals surface area contributed by atoms with E-state index >= 15 is 0 Å². The van der Waals surface area contributed by atoms with Crippen molar-refractivity contribution < 1.29 is 4.79 Å². The predicted octanol–water partition coefficient (Wildman–Crippen LogP) is 2.15. The Bertz CT molecular complexity index is 239. The van der Waals surface area contributed by atoms with Gasteiger partial charge in [0, 0.05) is 0 Å². The number of ketones is 1. The summed E-state index contributed by atoms with van der Waals surface area (Å²) in [7, 11) is 0. The van der Waals surface area contributed by atoms with E-state index in [1.54, 1.807) is 0 Å². The lowest BCUT2D eigenvalue weighted by Gasteiger charge is -2.25. The largest absolute Gasteiger partial charge is 0.296 e. The van der Waals surface area contributed by atoms with Gasteiger partial charge in [-0.25, -0.2) is 0 Å². The van der Waals surface area contributed by atoms with E-state index < -0.39 is 0 Å². The lowest BCUT2D eigenvalue weighted by atomic mass is 10.1. The van der Waals surface area contributed by atoms with Gasteiger partial charge in [0.2, 0.25) is 0 Å². The van der Waals surface area contributed by atoms with E-state index in [1.807, 2.05) is 0 Å². The molecule has 0 bridgehead atoms. The van der Waals surface area contributed by atoms with Crippen LogP contribution in [0.4, 0.5) is 0 Å². The van der Waals surface area contributed by atoms with E-state index in [2.05, 4.69) is 11.0 Å². The van der Waals surface area contributed by atoms with Crippen LogP contribution < -0.4 is 0 Å². The number of rotatable bonds is 3. The second-order valence-electron chi connectivity index (χ2n) is 4.38. The summed E-state index contributed by atoms with van der Waals surface area (Å²) in [4.78, 5) is 14.1. The molecule has 1 saturated heterocycles. The maximum Gasteiger partial charge on any atom is 0.172 e. The summed E-state index contributed by atoms with van der Waals surface area (Å²) in [5, 5.41) is 0. The standard InChI is InChI=1S/C12H19NO/c14-12(11-6-2-3-7-11)10-13-8-4-1-5-9-13/h6H,1-5,7-10H2. The molecule has 0 aromatic rings. The maximum atomic E-state index is 11.8. The van der Waals surface area contributed by atoms with Crippen molar-refractivity contribution in [3.8, 4) is 0 Å². The first-order valence-electron chi connectivity index (χ1n) is 5.81. The van der Waals surface area contributed by atoms with Crippen LogP contribution in [0, 0.1) is 0 Å². The van der Waals surface area contributed by atoms with E-state index in [9.17, 15) is 4.79 Å². The molecule has 2 rings (SSSR count). The van der Waals surface area contributed by atoms with E-state index in [0.29, 0.717) is 12.3 Å². The fourth-order valence-electron chi connectivity index (χ4n) is 2.35. The number of piperidine rings is 1. The van der Waals surface area contributed by atoms with Crippen molar-refractivity contribution in [1.29, 1.82) is 0 Å². The highest BCUT2D eigenvalue weighted by Crippen LogP contribution is 2.19. The lowest BCUT2D eigenvalue weighted by Crippen LogP contribution is -2.34. The van der Waals surface area contributed by atoms with Gasteiger partial charge in [-0.15, -0.1) is 0 Å². The molecule has 0 N–H and O–H groups in total. The summed E-state index contributed by atoms with van der Waals surface area (Å²) in [5.74, 6) is 0.379. The van der Waals surface area contributed by atoms with Crippen LogP contribution in [-0.4, -0.2) is 30.3 Å². The molecule has 0 atom stereocenters. The van der Waals surface area contributed by atoms with Crippen molar-refractivity contribution in [1.82, 2.24) is 4.90 Å². The highest BCUT2D eigenvalue weighted by molar-refractivity contribution is 5.97. The number of carbonyl (C=O) groups is 1. The Morgan fingerprint density at radius 1 is 1.21 bits per heavy atom. The third kappa shape index (κ3) is 2.44. The Hall–Kier alpha value is -0.630. The van der Waals surface area contributed by atoms with Crippen LogP contribution in [0.2, 0.25) is 0 Å². The molecular formula is C12H19NO. The molecule has 2 nitrogen and oxygen atoms in total. The Morgan fingerprint density at radius 2 is 2.00 bits per heavy atom. The van der Waals surface area contributed by atoms with Crippen LogP contribution in [0.5, 0.6) is 0 Å². The minimum absolute atomic E-state index is 0.379. The average Bonchev–Trinajstić information content (AvgIpc) is 2.72. The molecule has 0 aromatic heterocycles. The molecule has 0 spiro atoms. The van der Waals surface area contributed by atoms with E-state index in [-0.39, 0.29) is 0 Å². The molecule has 0 saturated carbocycles. The number of hydrogen-bond acceptors (Lipinski definition) is 2. The van der Waals surface area contributed by atoms with Crippen molar-refractivity contribution >= 4 is 5.78 Å². The highest BCUT2D eigenvalue weighted by Gasteiger charge is 2.18. The van der Waals surface area contributed by atoms with Crippen molar-refractivity contribution in [2.45, 2.75) is 38.5 Å². The zero-order chi connectivity index (χ0) is 9.80. The first-order valence-corrected chi connectivity index (χ1v) is 5.81. The smallest absolute Gasteiger partial charge is 0.172 e. The molecule has 0 aromatic carbocycles. The van der Waals surface area contributed by atoms with Crippen LogP contribution in [0.3, 0.4) is 0 Å². The topological polar surface area (TPSA) is 20.3 Å². The number of hydrogen-bond donors (Lipinski definition) is 0. The van der Waals surface area contributed by atoms with Crippen LogP contribution in [-0.2, 0) is 4.79 Å². The lowest BCUT2D eigenvalue weighted by molar-refractivity contribution is -0.117. The summed E-state index contributed by atoms with van der Waals surface area (Å²) in [6.45, 7) is 2.92. The molecule has 78 valence electrons. The first kappa shape index (κ1) is 9.91. The van der Waals surface area contributed by atoms with Gasteiger partial charge in [0.15, 0.2) is 5.78 Å². The molecule has 1 fully saturated rings. The number of allylic oxidation sites excluding steroid dienone is 1. The SMILES string of the molecule is O=C(CN1CCCCC1)C1=CCCC1. The minimum atomic E-state index is 0.379. The maximum absolute atomic E-state index is 11.8. The van der Waals surface area contributed by atoms with Crippen molar-refractivity contribution in [3.05, 3.63) is 11.6 Å². The molecule has 2 aliphatic rings. The molecule has 14 heavy (non-hydrogen) atoms. The molecule has 0 unspecified atom stereocenters. The van der Waals surface area contributed by atoms with Crippen molar-refractivity contribution in [2.24, 2.45) is 0 Å². The summed E-state index contributed by atoms with van der Waals surface area (Å²) < 4.78 is 0. The normalized spacial score (nSPS) is 23.6. The Labute approximate surface area is 86.0 Å². The zero-order valence-electron chi connectivity index (χ0n) is 8.80. The third-order valence-electron chi connectivity index (χ3n) is 3.22. The van der Waals surface area contributed by atoms with Gasteiger partial charge >= 0.3 is 0 Å². The van der Waals surface area contributed by atoms with E-state index in [0.717, 1.165) is 31.5 Å². The number of nitrogens with zero attached hydrogens (tertiary/aromatic N) is 1. The highest BCUT2D eigenvalue weighted by atomic mass is 16.1. The third-order valence-corrected chi connectivity index (χ3v) is 3.22. The first-order chi connectivity index (χ1) is 6.86. The van der Waals surface area contributed by atoms with Crippen molar-refractivity contribution in [2.75, 3.05) is 19.6 Å². The Balaban J connectivity index is 1.81. The van der Waals surface area contributed by atoms with Crippen LogP contribution in [0.15, 0.2) is 11.6 Å². The minimum Gasteiger partial charge on any atom is -0.296 e. The van der Waals surface area contributed by atoms with Crippen LogP contribution in [0.1, 0.15) is 38.5 Å². The van der Waals surface area contributed by atoms with Gasteiger partial charge in [-0.05, 0) is 50.8 Å². The molecule has 1 heterocycles. The fraction of sp³-hybridized carbons (Fsp3) is 0.750. The summed E-state index contributed by atoms with van der Waals surface area (Å²) in [6.07, 6.45) is 9.33. The van der Waals surface area contributed by atoms with E-state index in [1.165, 1.54) is 25.7 Å².